The molecule has 0 radical (unpaired) electrons. The Bertz CT molecular complexity index is 525. The first-order valence-corrected chi connectivity index (χ1v) is 9.19. The van der Waals surface area contributed by atoms with E-state index in [0.29, 0.717) is 11.8 Å². The van der Waals surface area contributed by atoms with Crippen molar-refractivity contribution in [2.75, 3.05) is 26.2 Å². The van der Waals surface area contributed by atoms with Crippen molar-refractivity contribution in [3.8, 4) is 0 Å². The highest BCUT2D eigenvalue weighted by Gasteiger charge is 2.29. The fourth-order valence-corrected chi connectivity index (χ4v) is 3.54. The average Bonchev–Trinajstić information content (AvgIpc) is 2.53. The monoisotopic (exact) mass is 314 g/mol. The molecule has 23 heavy (non-hydrogen) atoms. The third kappa shape index (κ3) is 3.60. The molecule has 1 saturated heterocycles. The number of hydrogen-bond acceptors (Lipinski definition) is 2. The third-order valence-corrected chi connectivity index (χ3v) is 5.88. The van der Waals surface area contributed by atoms with Gasteiger partial charge >= 0.3 is 0 Å². The lowest BCUT2D eigenvalue weighted by molar-refractivity contribution is 0.0455. The van der Waals surface area contributed by atoms with Crippen LogP contribution in [0.25, 0.3) is 0 Å². The quantitative estimate of drug-likeness (QED) is 0.845. The maximum absolute atomic E-state index is 12.7. The van der Waals surface area contributed by atoms with Gasteiger partial charge in [0, 0.05) is 37.8 Å². The number of rotatable bonds is 4. The Hall–Kier alpha value is -1.35. The summed E-state index contributed by atoms with van der Waals surface area (Å²) in [5.41, 5.74) is 2.16. The van der Waals surface area contributed by atoms with Crippen molar-refractivity contribution in [3.63, 3.8) is 0 Å². The minimum Gasteiger partial charge on any atom is -0.336 e. The summed E-state index contributed by atoms with van der Waals surface area (Å²) in [5, 5.41) is 0. The van der Waals surface area contributed by atoms with Crippen LogP contribution in [-0.4, -0.2) is 47.9 Å². The molecule has 0 bridgehead atoms. The Labute approximate surface area is 140 Å². The fourth-order valence-electron chi connectivity index (χ4n) is 3.54. The Balaban J connectivity index is 1.58. The molecule has 2 aliphatic rings. The molecule has 1 aromatic carbocycles. The van der Waals surface area contributed by atoms with Crippen molar-refractivity contribution < 1.29 is 4.79 Å². The first kappa shape index (κ1) is 16.5. The zero-order valence-electron chi connectivity index (χ0n) is 14.8. The summed E-state index contributed by atoms with van der Waals surface area (Å²) in [7, 11) is 0. The molecule has 1 atom stereocenters. The summed E-state index contributed by atoms with van der Waals surface area (Å²) < 4.78 is 0. The van der Waals surface area contributed by atoms with Crippen LogP contribution >= 0.6 is 0 Å². The molecule has 3 nitrogen and oxygen atoms in total. The van der Waals surface area contributed by atoms with Crippen molar-refractivity contribution in [1.82, 2.24) is 9.80 Å². The minimum absolute atomic E-state index is 0.196. The Morgan fingerprint density at radius 3 is 2.09 bits per heavy atom. The molecule has 1 aliphatic carbocycles. The molecule has 3 rings (SSSR count). The minimum atomic E-state index is 0.196. The van der Waals surface area contributed by atoms with Crippen molar-refractivity contribution in [3.05, 3.63) is 35.4 Å². The maximum Gasteiger partial charge on any atom is 0.253 e. The van der Waals surface area contributed by atoms with Gasteiger partial charge in [-0.25, -0.2) is 0 Å². The van der Waals surface area contributed by atoms with E-state index in [-0.39, 0.29) is 5.91 Å². The molecule has 126 valence electrons. The Morgan fingerprint density at radius 2 is 1.61 bits per heavy atom. The highest BCUT2D eigenvalue weighted by Crippen LogP contribution is 2.26. The fraction of sp³-hybridized carbons (Fsp3) is 0.650. The summed E-state index contributed by atoms with van der Waals surface area (Å²) in [6, 6.07) is 9.07. The number of benzene rings is 1. The molecule has 1 unspecified atom stereocenters. The molecule has 2 fully saturated rings. The van der Waals surface area contributed by atoms with E-state index in [1.165, 1.54) is 24.8 Å². The van der Waals surface area contributed by atoms with Gasteiger partial charge in [0.1, 0.15) is 0 Å². The Morgan fingerprint density at radius 1 is 1.00 bits per heavy atom. The zero-order valence-corrected chi connectivity index (χ0v) is 14.8. The predicted octanol–water partition coefficient (Wildman–Crippen LogP) is 3.76. The highest BCUT2D eigenvalue weighted by molar-refractivity contribution is 5.94. The molecule has 1 heterocycles. The van der Waals surface area contributed by atoms with Crippen LogP contribution in [0.4, 0.5) is 0 Å². The van der Waals surface area contributed by atoms with Gasteiger partial charge in [-0.2, -0.15) is 0 Å². The average molecular weight is 314 g/mol. The largest absolute Gasteiger partial charge is 0.336 e. The number of nitrogens with zero attached hydrogens (tertiary/aromatic N) is 2. The molecule has 1 saturated carbocycles. The van der Waals surface area contributed by atoms with Crippen molar-refractivity contribution in [2.45, 2.75) is 52.0 Å². The summed E-state index contributed by atoms with van der Waals surface area (Å²) >= 11 is 0. The third-order valence-electron chi connectivity index (χ3n) is 5.88. The van der Waals surface area contributed by atoms with Crippen LogP contribution in [0.3, 0.4) is 0 Å². The van der Waals surface area contributed by atoms with Crippen LogP contribution in [0.5, 0.6) is 0 Å². The molecule has 0 N–H and O–H groups in total. The van der Waals surface area contributed by atoms with Crippen LogP contribution in [0.1, 0.15) is 61.9 Å². The number of carbonyl (C=O) groups excluding carboxylic acids is 1. The molecule has 1 amide bonds. The maximum atomic E-state index is 12.7. The Kier molecular flexibility index (Phi) is 5.05. The first-order chi connectivity index (χ1) is 11.1. The number of piperazine rings is 1. The lowest BCUT2D eigenvalue weighted by Gasteiger charge is -2.43. The van der Waals surface area contributed by atoms with Crippen molar-refractivity contribution in [2.24, 2.45) is 5.92 Å². The zero-order chi connectivity index (χ0) is 16.4. The predicted molar refractivity (Wildman–Crippen MR) is 94.8 cm³/mol. The summed E-state index contributed by atoms with van der Waals surface area (Å²) in [6.45, 7) is 10.6. The van der Waals surface area contributed by atoms with E-state index in [4.69, 9.17) is 0 Å². The van der Waals surface area contributed by atoms with Gasteiger partial charge in [0.05, 0.1) is 0 Å². The second-order valence-electron chi connectivity index (χ2n) is 7.57. The van der Waals surface area contributed by atoms with Crippen molar-refractivity contribution >= 4 is 5.91 Å². The van der Waals surface area contributed by atoms with Gasteiger partial charge in [-0.3, -0.25) is 9.69 Å². The number of carbonyl (C=O) groups is 1. The van der Waals surface area contributed by atoms with E-state index < -0.39 is 0 Å². The van der Waals surface area contributed by atoms with Gasteiger partial charge in [-0.15, -0.1) is 0 Å². The number of hydrogen-bond donors (Lipinski definition) is 0. The molecular formula is C20H30N2O. The van der Waals surface area contributed by atoms with E-state index in [2.05, 4.69) is 37.8 Å². The van der Waals surface area contributed by atoms with Crippen molar-refractivity contribution in [1.29, 1.82) is 0 Å². The van der Waals surface area contributed by atoms with Gasteiger partial charge in [-0.1, -0.05) is 39.3 Å². The summed E-state index contributed by atoms with van der Waals surface area (Å²) in [6.07, 6.45) is 4.08. The van der Waals surface area contributed by atoms with E-state index >= 15 is 0 Å². The van der Waals surface area contributed by atoms with Gasteiger partial charge < -0.3 is 4.90 Å². The lowest BCUT2D eigenvalue weighted by atomic mass is 9.90. The van der Waals surface area contributed by atoms with E-state index in [0.717, 1.165) is 37.8 Å². The van der Waals surface area contributed by atoms with Crippen LogP contribution in [0, 0.1) is 5.92 Å². The molecule has 0 aromatic heterocycles. The van der Waals surface area contributed by atoms with E-state index in [1.54, 1.807) is 0 Å². The van der Waals surface area contributed by atoms with Gasteiger partial charge in [-0.05, 0) is 42.4 Å². The SMILES string of the molecule is CC(C)C(C)c1ccc(C(=O)N2CCN(C3CCC3)CC2)cc1. The molecular weight excluding hydrogens is 284 g/mol. The van der Waals surface area contributed by atoms with E-state index in [1.807, 2.05) is 17.0 Å². The molecule has 0 spiro atoms. The topological polar surface area (TPSA) is 23.6 Å². The molecule has 1 aliphatic heterocycles. The van der Waals surface area contributed by atoms with Crippen LogP contribution in [0.2, 0.25) is 0 Å². The van der Waals surface area contributed by atoms with Crippen LogP contribution in [-0.2, 0) is 0 Å². The second kappa shape index (κ2) is 7.04. The normalized spacial score (nSPS) is 21.3. The standard InChI is InChI=1S/C20H30N2O/c1-15(2)16(3)17-7-9-18(10-8-17)20(23)22-13-11-21(12-14-22)19-5-4-6-19/h7-10,15-16,19H,4-6,11-14H2,1-3H3. The van der Waals surface area contributed by atoms with E-state index in [9.17, 15) is 4.79 Å². The summed E-state index contributed by atoms with van der Waals surface area (Å²) in [4.78, 5) is 17.3. The van der Waals surface area contributed by atoms with Gasteiger partial charge in [0.25, 0.3) is 5.91 Å². The highest BCUT2D eigenvalue weighted by atomic mass is 16.2. The smallest absolute Gasteiger partial charge is 0.253 e. The number of amides is 1. The summed E-state index contributed by atoms with van der Waals surface area (Å²) in [5.74, 6) is 1.35. The molecule has 1 aromatic rings. The van der Waals surface area contributed by atoms with Crippen LogP contribution in [0.15, 0.2) is 24.3 Å². The van der Waals surface area contributed by atoms with Gasteiger partial charge in [0.15, 0.2) is 0 Å². The first-order valence-electron chi connectivity index (χ1n) is 9.19. The molecule has 3 heteroatoms. The second-order valence-corrected chi connectivity index (χ2v) is 7.57. The van der Waals surface area contributed by atoms with Crippen LogP contribution < -0.4 is 0 Å². The lowest BCUT2D eigenvalue weighted by Crippen LogP contribution is -2.53. The van der Waals surface area contributed by atoms with Gasteiger partial charge in [0.2, 0.25) is 0 Å².